The van der Waals surface area contributed by atoms with Crippen LogP contribution < -0.4 is 10.5 Å². The van der Waals surface area contributed by atoms with Gasteiger partial charge in [-0.3, -0.25) is 9.69 Å². The molecule has 1 aliphatic heterocycles. The lowest BCUT2D eigenvalue weighted by atomic mass is 9.97. The van der Waals surface area contributed by atoms with Crippen LogP contribution in [0.5, 0.6) is 5.88 Å². The van der Waals surface area contributed by atoms with Crippen LogP contribution in [-0.4, -0.2) is 68.0 Å². The number of aromatic nitrogens is 1. The Balaban J connectivity index is 0.00000114. The van der Waals surface area contributed by atoms with Gasteiger partial charge in [0, 0.05) is 13.1 Å². The first-order valence-electron chi connectivity index (χ1n) is 12.1. The highest BCUT2D eigenvalue weighted by Crippen LogP contribution is 2.26. The predicted molar refractivity (Wildman–Crippen MR) is 140 cm³/mol. The zero-order valence-electron chi connectivity index (χ0n) is 22.0. The number of aryl methyl sites for hydroxylation is 1. The van der Waals surface area contributed by atoms with E-state index in [9.17, 15) is 4.79 Å². The summed E-state index contributed by atoms with van der Waals surface area (Å²) in [4.78, 5) is 29.4. The molecule has 1 aromatic carbocycles. The van der Waals surface area contributed by atoms with Crippen molar-refractivity contribution in [1.29, 1.82) is 0 Å². The molecular formula is C27H42N4O4. The number of carbonyl (C=O) groups excluding carboxylic acids is 2. The molecule has 2 heterocycles. The monoisotopic (exact) mass is 486 g/mol. The van der Waals surface area contributed by atoms with E-state index in [0.717, 1.165) is 38.1 Å². The minimum absolute atomic E-state index is 0.0195. The van der Waals surface area contributed by atoms with Gasteiger partial charge in [-0.05, 0) is 51.4 Å². The van der Waals surface area contributed by atoms with E-state index < -0.39 is 0 Å². The molecule has 0 atom stereocenters. The summed E-state index contributed by atoms with van der Waals surface area (Å²) in [6.45, 7) is 11.3. The number of rotatable bonds is 8. The first kappa shape index (κ1) is 30.1. The maximum absolute atomic E-state index is 13.0. The zero-order chi connectivity index (χ0) is 26.2. The van der Waals surface area contributed by atoms with Crippen molar-refractivity contribution in [2.45, 2.75) is 46.6 Å². The molecular weight excluding hydrogens is 444 g/mol. The Morgan fingerprint density at radius 1 is 1.17 bits per heavy atom. The van der Waals surface area contributed by atoms with E-state index in [1.807, 2.05) is 67.9 Å². The Morgan fingerprint density at radius 3 is 2.34 bits per heavy atom. The summed E-state index contributed by atoms with van der Waals surface area (Å²) in [5.74, 6) is 0.839. The van der Waals surface area contributed by atoms with Crippen LogP contribution in [0.25, 0.3) is 0 Å². The predicted octanol–water partition coefficient (Wildman–Crippen LogP) is 4.17. The fraction of sp³-hybridized carbons (Fsp3) is 0.519. The summed E-state index contributed by atoms with van der Waals surface area (Å²) >= 11 is 0. The number of hydrogen-bond donors (Lipinski definition) is 1. The van der Waals surface area contributed by atoms with Gasteiger partial charge in [-0.2, -0.15) is 0 Å². The van der Waals surface area contributed by atoms with Gasteiger partial charge in [0.05, 0.1) is 30.3 Å². The summed E-state index contributed by atoms with van der Waals surface area (Å²) in [6.07, 6.45) is 3.14. The van der Waals surface area contributed by atoms with Crippen molar-refractivity contribution in [2.24, 2.45) is 5.92 Å². The molecule has 1 saturated heterocycles. The molecule has 1 aromatic heterocycles. The molecule has 1 aliphatic rings. The van der Waals surface area contributed by atoms with Crippen LogP contribution in [-0.2, 0) is 16.1 Å². The number of benzene rings is 1. The molecule has 2 N–H and O–H groups in total. The number of amides is 1. The molecule has 2 aromatic rings. The molecule has 8 nitrogen and oxygen atoms in total. The highest BCUT2D eigenvalue weighted by Gasteiger charge is 2.26. The fourth-order valence-electron chi connectivity index (χ4n) is 3.53. The highest BCUT2D eigenvalue weighted by molar-refractivity contribution is 5.96. The third-order valence-corrected chi connectivity index (χ3v) is 5.26. The van der Waals surface area contributed by atoms with E-state index in [-0.39, 0.29) is 5.91 Å². The van der Waals surface area contributed by atoms with Crippen molar-refractivity contribution in [3.8, 4) is 5.88 Å². The van der Waals surface area contributed by atoms with Crippen LogP contribution >= 0.6 is 0 Å². The molecule has 35 heavy (non-hydrogen) atoms. The molecule has 0 aliphatic carbocycles. The summed E-state index contributed by atoms with van der Waals surface area (Å²) in [5.41, 5.74) is 8.74. The van der Waals surface area contributed by atoms with Crippen molar-refractivity contribution in [3.05, 3.63) is 53.2 Å². The maximum Gasteiger partial charge on any atom is 0.255 e. The van der Waals surface area contributed by atoms with Gasteiger partial charge in [-0.25, -0.2) is 4.98 Å². The largest absolute Gasteiger partial charge is 0.471 e. The number of carbonyl (C=O) groups is 2. The lowest BCUT2D eigenvalue weighted by molar-refractivity contribution is -0.0980. The SMILES string of the molecule is C=O.CCC.Cc1nc(OCc2ccccc2)c(N)cc1C(=O)N1CCC(COCN(C)C)CC1. The molecule has 0 radical (unpaired) electrons. The van der Waals surface area contributed by atoms with Gasteiger partial charge in [-0.1, -0.05) is 50.6 Å². The lowest BCUT2D eigenvalue weighted by Gasteiger charge is -2.32. The van der Waals surface area contributed by atoms with Gasteiger partial charge < -0.3 is 24.9 Å². The number of ether oxygens (including phenoxy) is 2. The smallest absolute Gasteiger partial charge is 0.255 e. The molecule has 0 spiro atoms. The van der Waals surface area contributed by atoms with Crippen molar-refractivity contribution >= 4 is 18.4 Å². The van der Waals surface area contributed by atoms with Gasteiger partial charge in [0.2, 0.25) is 5.88 Å². The van der Waals surface area contributed by atoms with Crippen LogP contribution in [0.15, 0.2) is 36.4 Å². The minimum atomic E-state index is -0.0195. The van der Waals surface area contributed by atoms with Gasteiger partial charge in [0.15, 0.2) is 0 Å². The van der Waals surface area contributed by atoms with Crippen LogP contribution in [0.2, 0.25) is 0 Å². The second-order valence-corrected chi connectivity index (χ2v) is 8.81. The number of hydrogen-bond acceptors (Lipinski definition) is 7. The first-order valence-corrected chi connectivity index (χ1v) is 12.1. The first-order chi connectivity index (χ1) is 16.8. The average Bonchev–Trinajstić information content (AvgIpc) is 2.86. The van der Waals surface area contributed by atoms with E-state index in [4.69, 9.17) is 20.0 Å². The Bertz CT molecular complexity index is 869. The van der Waals surface area contributed by atoms with Crippen LogP contribution in [0.1, 0.15) is 54.7 Å². The molecule has 1 fully saturated rings. The van der Waals surface area contributed by atoms with Crippen LogP contribution in [0.3, 0.4) is 0 Å². The quantitative estimate of drug-likeness (QED) is 0.559. The summed E-state index contributed by atoms with van der Waals surface area (Å²) < 4.78 is 11.5. The summed E-state index contributed by atoms with van der Waals surface area (Å²) in [7, 11) is 3.97. The van der Waals surface area contributed by atoms with E-state index in [2.05, 4.69) is 18.8 Å². The second kappa shape index (κ2) is 16.6. The number of nitrogens with zero attached hydrogens (tertiary/aromatic N) is 3. The Kier molecular flexibility index (Phi) is 14.3. The number of nitrogens with two attached hydrogens (primary N) is 1. The number of anilines is 1. The topological polar surface area (TPSA) is 98.0 Å². The van der Waals surface area contributed by atoms with E-state index >= 15 is 0 Å². The maximum atomic E-state index is 13.0. The fourth-order valence-corrected chi connectivity index (χ4v) is 3.53. The molecule has 3 rings (SSSR count). The normalized spacial score (nSPS) is 13.4. The van der Waals surface area contributed by atoms with Crippen molar-refractivity contribution in [1.82, 2.24) is 14.8 Å². The number of pyridine rings is 1. The minimum Gasteiger partial charge on any atom is -0.471 e. The van der Waals surface area contributed by atoms with E-state index in [0.29, 0.717) is 42.1 Å². The highest BCUT2D eigenvalue weighted by atomic mass is 16.5. The van der Waals surface area contributed by atoms with Crippen LogP contribution in [0, 0.1) is 12.8 Å². The van der Waals surface area contributed by atoms with Crippen molar-refractivity contribution in [3.63, 3.8) is 0 Å². The van der Waals surface area contributed by atoms with Gasteiger partial charge in [-0.15, -0.1) is 0 Å². The van der Waals surface area contributed by atoms with Gasteiger partial charge in [0.1, 0.15) is 13.4 Å². The van der Waals surface area contributed by atoms with E-state index in [1.165, 1.54) is 6.42 Å². The van der Waals surface area contributed by atoms with Crippen molar-refractivity contribution < 1.29 is 19.1 Å². The second-order valence-electron chi connectivity index (χ2n) is 8.81. The summed E-state index contributed by atoms with van der Waals surface area (Å²) in [5, 5.41) is 0. The van der Waals surface area contributed by atoms with Crippen molar-refractivity contribution in [2.75, 3.05) is 46.3 Å². The van der Waals surface area contributed by atoms with Gasteiger partial charge >= 0.3 is 0 Å². The van der Waals surface area contributed by atoms with Crippen LogP contribution in [0.4, 0.5) is 5.69 Å². The molecule has 0 unspecified atom stereocenters. The molecule has 194 valence electrons. The molecule has 0 bridgehead atoms. The molecule has 8 heteroatoms. The Labute approximate surface area is 210 Å². The standard InChI is InChI=1S/C23H32N4O3.C3H8.CH2O/c1-17-20(13-21(24)22(25-17)30-15-18-7-5-4-6-8-18)23(28)27-11-9-19(10-12-27)14-29-16-26(2)3;1-3-2;1-2/h4-8,13,19H,9-12,14-16,24H2,1-3H3;3H2,1-2H3;1H2. The molecule has 1 amide bonds. The van der Waals surface area contributed by atoms with E-state index in [1.54, 1.807) is 6.07 Å². The number of nitrogen functional groups attached to an aromatic ring is 1. The Morgan fingerprint density at radius 2 is 1.77 bits per heavy atom. The molecule has 0 saturated carbocycles. The average molecular weight is 487 g/mol. The Hall–Kier alpha value is -2.97. The zero-order valence-corrected chi connectivity index (χ0v) is 22.0. The summed E-state index contributed by atoms with van der Waals surface area (Å²) in [6, 6.07) is 11.5. The lowest BCUT2D eigenvalue weighted by Crippen LogP contribution is -2.40. The number of piperidine rings is 1. The third-order valence-electron chi connectivity index (χ3n) is 5.26. The third kappa shape index (κ3) is 10.4. The number of likely N-dealkylation sites (tertiary alicyclic amines) is 1. The van der Waals surface area contributed by atoms with Gasteiger partial charge in [0.25, 0.3) is 5.91 Å².